The molecular weight excluding hydrogens is 285 g/mol. The van der Waals surface area contributed by atoms with E-state index in [1.807, 2.05) is 0 Å². The number of carbonyl (C=O) groups is 1. The molecular formula is C13H17F3N4O. The lowest BCUT2D eigenvalue weighted by Gasteiger charge is -2.24. The molecule has 0 radical (unpaired) electrons. The Morgan fingerprint density at radius 3 is 2.67 bits per heavy atom. The summed E-state index contributed by atoms with van der Waals surface area (Å²) in [4.78, 5) is 18.7. The van der Waals surface area contributed by atoms with Crippen molar-refractivity contribution in [2.45, 2.75) is 19.1 Å². The first-order valence-corrected chi connectivity index (χ1v) is 6.59. The number of nitrogens with two attached hydrogens (primary N) is 1. The number of amides is 1. The van der Waals surface area contributed by atoms with Gasteiger partial charge in [0.1, 0.15) is 11.5 Å². The van der Waals surface area contributed by atoms with Gasteiger partial charge in [0.05, 0.1) is 6.54 Å². The molecule has 0 aliphatic carbocycles. The lowest BCUT2D eigenvalue weighted by atomic mass is 10.2. The van der Waals surface area contributed by atoms with Gasteiger partial charge in [-0.15, -0.1) is 0 Å². The predicted molar refractivity (Wildman–Crippen MR) is 71.6 cm³/mol. The molecule has 0 spiro atoms. The third-order valence-corrected chi connectivity index (χ3v) is 3.44. The van der Waals surface area contributed by atoms with Crippen LogP contribution in [-0.4, -0.2) is 42.5 Å². The van der Waals surface area contributed by atoms with Crippen LogP contribution in [0.3, 0.4) is 0 Å². The van der Waals surface area contributed by atoms with Crippen LogP contribution in [0.25, 0.3) is 0 Å². The van der Waals surface area contributed by atoms with Gasteiger partial charge in [-0.05, 0) is 12.5 Å². The zero-order chi connectivity index (χ0) is 15.6. The highest BCUT2D eigenvalue weighted by atomic mass is 19.4. The Labute approximate surface area is 120 Å². The molecule has 0 bridgehead atoms. The number of alkyl halides is 3. The summed E-state index contributed by atoms with van der Waals surface area (Å²) in [6.45, 7) is 1.13. The highest BCUT2D eigenvalue weighted by molar-refractivity contribution is 5.81. The summed E-state index contributed by atoms with van der Waals surface area (Å²) in [6.07, 6.45) is -3.85. The minimum Gasteiger partial charge on any atom is -0.347 e. The van der Waals surface area contributed by atoms with Crippen LogP contribution in [0.1, 0.15) is 17.7 Å². The van der Waals surface area contributed by atoms with Crippen molar-refractivity contribution >= 4 is 11.7 Å². The Balaban J connectivity index is 2.38. The maximum absolute atomic E-state index is 12.8. The number of likely N-dealkylation sites (N-methyl/N-ethyl adjacent to an activating group) is 1. The molecule has 0 saturated carbocycles. The molecule has 1 aliphatic rings. The van der Waals surface area contributed by atoms with Crippen molar-refractivity contribution in [3.05, 3.63) is 23.4 Å². The van der Waals surface area contributed by atoms with E-state index in [1.54, 1.807) is 16.8 Å². The number of carbonyl (C=O) groups excluding carboxylic acids is 1. The van der Waals surface area contributed by atoms with Crippen molar-refractivity contribution in [1.82, 2.24) is 9.88 Å². The van der Waals surface area contributed by atoms with E-state index in [9.17, 15) is 18.0 Å². The van der Waals surface area contributed by atoms with Gasteiger partial charge in [-0.2, -0.15) is 13.2 Å². The minimum atomic E-state index is -4.52. The summed E-state index contributed by atoms with van der Waals surface area (Å²) >= 11 is 0. The zero-order valence-corrected chi connectivity index (χ0v) is 11.7. The maximum Gasteiger partial charge on any atom is 0.433 e. The van der Waals surface area contributed by atoms with E-state index in [-0.39, 0.29) is 24.8 Å². The van der Waals surface area contributed by atoms with E-state index in [1.165, 1.54) is 6.07 Å². The molecule has 0 unspecified atom stereocenters. The van der Waals surface area contributed by atoms with Gasteiger partial charge in [-0.25, -0.2) is 4.98 Å². The first-order valence-electron chi connectivity index (χ1n) is 6.59. The van der Waals surface area contributed by atoms with E-state index in [0.717, 1.165) is 6.07 Å². The smallest absolute Gasteiger partial charge is 0.347 e. The van der Waals surface area contributed by atoms with Crippen molar-refractivity contribution < 1.29 is 18.0 Å². The Morgan fingerprint density at radius 2 is 2.05 bits per heavy atom. The molecule has 0 atom stereocenters. The number of nitrogens with zero attached hydrogens (tertiary/aromatic N) is 3. The minimum absolute atomic E-state index is 0.0117. The van der Waals surface area contributed by atoms with Crippen molar-refractivity contribution in [3.8, 4) is 0 Å². The lowest BCUT2D eigenvalue weighted by Crippen LogP contribution is -2.35. The van der Waals surface area contributed by atoms with Crippen LogP contribution < -0.4 is 10.6 Å². The van der Waals surface area contributed by atoms with E-state index in [4.69, 9.17) is 5.73 Å². The van der Waals surface area contributed by atoms with Gasteiger partial charge in [0, 0.05) is 32.2 Å². The third-order valence-electron chi connectivity index (χ3n) is 3.44. The molecule has 1 aromatic rings. The van der Waals surface area contributed by atoms with Gasteiger partial charge in [0.15, 0.2) is 0 Å². The van der Waals surface area contributed by atoms with Crippen LogP contribution >= 0.6 is 0 Å². The van der Waals surface area contributed by atoms with Crippen molar-refractivity contribution in [2.75, 3.05) is 31.6 Å². The molecule has 2 N–H and O–H groups in total. The van der Waals surface area contributed by atoms with Gasteiger partial charge in [-0.1, -0.05) is 6.07 Å². The van der Waals surface area contributed by atoms with Crippen LogP contribution in [-0.2, 0) is 17.5 Å². The van der Waals surface area contributed by atoms with Gasteiger partial charge in [0.2, 0.25) is 5.91 Å². The Morgan fingerprint density at radius 1 is 1.33 bits per heavy atom. The van der Waals surface area contributed by atoms with Gasteiger partial charge >= 0.3 is 6.18 Å². The number of aromatic nitrogens is 1. The van der Waals surface area contributed by atoms with Gasteiger partial charge < -0.3 is 15.5 Å². The van der Waals surface area contributed by atoms with E-state index in [0.29, 0.717) is 25.1 Å². The summed E-state index contributed by atoms with van der Waals surface area (Å²) in [5.41, 5.74) is 5.10. The first-order chi connectivity index (χ1) is 9.82. The quantitative estimate of drug-likeness (QED) is 0.892. The SMILES string of the molecule is CN1CCCN(c2nc(C(F)(F)F)ccc2CN)CC1=O. The van der Waals surface area contributed by atoms with Crippen LogP contribution in [0.5, 0.6) is 0 Å². The van der Waals surface area contributed by atoms with Crippen molar-refractivity contribution in [1.29, 1.82) is 0 Å². The molecule has 0 aromatic carbocycles. The van der Waals surface area contributed by atoms with E-state index < -0.39 is 11.9 Å². The van der Waals surface area contributed by atoms with Crippen molar-refractivity contribution in [2.24, 2.45) is 5.73 Å². The molecule has 1 saturated heterocycles. The fourth-order valence-corrected chi connectivity index (χ4v) is 2.24. The topological polar surface area (TPSA) is 62.5 Å². The highest BCUT2D eigenvalue weighted by Crippen LogP contribution is 2.30. The second-order valence-electron chi connectivity index (χ2n) is 4.97. The number of pyridine rings is 1. The molecule has 1 aliphatic heterocycles. The summed E-state index contributed by atoms with van der Waals surface area (Å²) in [5, 5.41) is 0. The number of rotatable bonds is 2. The van der Waals surface area contributed by atoms with Crippen LogP contribution in [0.4, 0.5) is 19.0 Å². The molecule has 1 aromatic heterocycles. The second kappa shape index (κ2) is 5.88. The fourth-order valence-electron chi connectivity index (χ4n) is 2.24. The fraction of sp³-hybridized carbons (Fsp3) is 0.538. The molecule has 5 nitrogen and oxygen atoms in total. The molecule has 116 valence electrons. The van der Waals surface area contributed by atoms with Crippen LogP contribution in [0.15, 0.2) is 12.1 Å². The van der Waals surface area contributed by atoms with Gasteiger partial charge in [0.25, 0.3) is 0 Å². The Bertz CT molecular complexity index is 533. The molecule has 2 heterocycles. The summed E-state index contributed by atoms with van der Waals surface area (Å²) in [7, 11) is 1.68. The standard InChI is InChI=1S/C13H17F3N4O/c1-19-5-2-6-20(8-11(19)21)12-9(7-17)3-4-10(18-12)13(14,15)16/h3-4H,2,5-8,17H2,1H3. The Kier molecular flexibility index (Phi) is 4.36. The third kappa shape index (κ3) is 3.44. The summed E-state index contributed by atoms with van der Waals surface area (Å²) < 4.78 is 38.4. The number of halogens is 3. The largest absolute Gasteiger partial charge is 0.433 e. The summed E-state index contributed by atoms with van der Waals surface area (Å²) in [6, 6.07) is 2.24. The lowest BCUT2D eigenvalue weighted by molar-refractivity contribution is -0.141. The number of hydrogen-bond acceptors (Lipinski definition) is 4. The van der Waals surface area contributed by atoms with Gasteiger partial charge in [-0.3, -0.25) is 4.79 Å². The normalized spacial score (nSPS) is 17.1. The molecule has 1 fully saturated rings. The average Bonchev–Trinajstić information content (AvgIpc) is 2.59. The summed E-state index contributed by atoms with van der Waals surface area (Å²) in [5.74, 6) is 0.00524. The zero-order valence-electron chi connectivity index (χ0n) is 11.7. The molecule has 8 heteroatoms. The van der Waals surface area contributed by atoms with E-state index >= 15 is 0 Å². The maximum atomic E-state index is 12.8. The highest BCUT2D eigenvalue weighted by Gasteiger charge is 2.34. The molecule has 2 rings (SSSR count). The number of hydrogen-bond donors (Lipinski definition) is 1. The van der Waals surface area contributed by atoms with Crippen LogP contribution in [0, 0.1) is 0 Å². The second-order valence-corrected chi connectivity index (χ2v) is 4.97. The molecule has 21 heavy (non-hydrogen) atoms. The van der Waals surface area contributed by atoms with Crippen molar-refractivity contribution in [3.63, 3.8) is 0 Å². The number of anilines is 1. The Hall–Kier alpha value is -1.83. The predicted octanol–water partition coefficient (Wildman–Crippen LogP) is 1.23. The average molecular weight is 302 g/mol. The van der Waals surface area contributed by atoms with Crippen LogP contribution in [0.2, 0.25) is 0 Å². The molecule has 1 amide bonds. The first kappa shape index (κ1) is 15.6. The van der Waals surface area contributed by atoms with E-state index in [2.05, 4.69) is 4.98 Å². The monoisotopic (exact) mass is 302 g/mol.